The first-order chi connectivity index (χ1) is 10.1. The summed E-state index contributed by atoms with van der Waals surface area (Å²) in [5.74, 6) is -9.60. The van der Waals surface area contributed by atoms with E-state index in [0.29, 0.717) is 10.5 Å². The highest BCUT2D eigenvalue weighted by atomic mass is 19.3. The number of likely N-dealkylation sites (tertiary alicyclic amines) is 1. The number of benzene rings is 1. The van der Waals surface area contributed by atoms with Crippen LogP contribution in [-0.4, -0.2) is 46.9 Å². The minimum Gasteiger partial charge on any atom is -0.478 e. The van der Waals surface area contributed by atoms with Crippen molar-refractivity contribution in [2.75, 3.05) is 13.1 Å². The first kappa shape index (κ1) is 16.1. The smallest absolute Gasteiger partial charge is 0.335 e. The lowest BCUT2D eigenvalue weighted by atomic mass is 10.1. The lowest BCUT2D eigenvalue weighted by molar-refractivity contribution is -0.172. The highest BCUT2D eigenvalue weighted by molar-refractivity contribution is 5.87. The van der Waals surface area contributed by atoms with Gasteiger partial charge in [0.05, 0.1) is 18.7 Å². The van der Waals surface area contributed by atoms with Gasteiger partial charge in [-0.05, 0) is 17.7 Å². The molecule has 0 unspecified atom stereocenters. The second kappa shape index (κ2) is 5.47. The number of carboxylic acid groups (broad SMARTS) is 1. The van der Waals surface area contributed by atoms with Crippen LogP contribution >= 0.6 is 0 Å². The number of urea groups is 1. The van der Waals surface area contributed by atoms with Crippen molar-refractivity contribution in [2.24, 2.45) is 0 Å². The first-order valence-electron chi connectivity index (χ1n) is 6.23. The summed E-state index contributed by atoms with van der Waals surface area (Å²) in [6.45, 7) is -2.78. The fourth-order valence-corrected chi connectivity index (χ4v) is 1.96. The van der Waals surface area contributed by atoms with Crippen LogP contribution in [0, 0.1) is 0 Å². The minimum atomic E-state index is -4.24. The van der Waals surface area contributed by atoms with E-state index in [-0.39, 0.29) is 12.1 Å². The molecule has 1 aliphatic rings. The van der Waals surface area contributed by atoms with E-state index in [0.717, 1.165) is 0 Å². The molecule has 0 saturated carbocycles. The van der Waals surface area contributed by atoms with Crippen LogP contribution < -0.4 is 5.32 Å². The average Bonchev–Trinajstić information content (AvgIpc) is 2.65. The van der Waals surface area contributed by atoms with Gasteiger partial charge in [0.25, 0.3) is 0 Å². The maximum atomic E-state index is 13.0. The number of amides is 2. The molecule has 1 heterocycles. The fourth-order valence-electron chi connectivity index (χ4n) is 1.96. The van der Waals surface area contributed by atoms with E-state index in [1.165, 1.54) is 24.3 Å². The molecule has 0 bridgehead atoms. The molecule has 2 rings (SSSR count). The van der Waals surface area contributed by atoms with Gasteiger partial charge < -0.3 is 15.3 Å². The second-order valence-electron chi connectivity index (χ2n) is 4.93. The van der Waals surface area contributed by atoms with Gasteiger partial charge in [-0.1, -0.05) is 12.1 Å². The highest BCUT2D eigenvalue weighted by Crippen LogP contribution is 2.40. The molecule has 2 amide bonds. The van der Waals surface area contributed by atoms with Crippen LogP contribution in [0.2, 0.25) is 0 Å². The Morgan fingerprint density at radius 1 is 1.09 bits per heavy atom. The number of carboxylic acids is 1. The molecule has 1 saturated heterocycles. The van der Waals surface area contributed by atoms with E-state index >= 15 is 0 Å². The van der Waals surface area contributed by atoms with Crippen molar-refractivity contribution >= 4 is 12.0 Å². The molecule has 120 valence electrons. The summed E-state index contributed by atoms with van der Waals surface area (Å²) in [5, 5.41) is 11.0. The van der Waals surface area contributed by atoms with E-state index in [1.807, 2.05) is 0 Å². The first-order valence-corrected chi connectivity index (χ1v) is 6.23. The molecule has 9 heteroatoms. The monoisotopic (exact) mass is 320 g/mol. The molecular formula is C13H12F4N2O3. The Balaban J connectivity index is 1.92. The van der Waals surface area contributed by atoms with Gasteiger partial charge in [0.2, 0.25) is 0 Å². The van der Waals surface area contributed by atoms with Gasteiger partial charge in [0, 0.05) is 6.54 Å². The quantitative estimate of drug-likeness (QED) is 0.839. The molecular weight excluding hydrogens is 308 g/mol. The van der Waals surface area contributed by atoms with Crippen LogP contribution in [0.25, 0.3) is 0 Å². The van der Waals surface area contributed by atoms with Crippen molar-refractivity contribution < 1.29 is 32.3 Å². The maximum absolute atomic E-state index is 13.0. The molecule has 2 N–H and O–H groups in total. The molecule has 1 fully saturated rings. The molecule has 1 aliphatic heterocycles. The van der Waals surface area contributed by atoms with Gasteiger partial charge in [-0.2, -0.15) is 17.6 Å². The molecule has 0 spiro atoms. The summed E-state index contributed by atoms with van der Waals surface area (Å²) < 4.78 is 52.0. The van der Waals surface area contributed by atoms with Crippen molar-refractivity contribution in [2.45, 2.75) is 18.4 Å². The van der Waals surface area contributed by atoms with E-state index < -0.39 is 36.9 Å². The standard InChI is InChI=1S/C13H12F4N2O3/c14-12(15)6-19(7-13(12,16)17)11(22)18-5-8-1-3-9(4-2-8)10(20)21/h1-4H,5-7H2,(H,18,22)(H,20,21). The number of halogens is 4. The number of hydrogen-bond donors (Lipinski definition) is 2. The number of nitrogens with zero attached hydrogens (tertiary/aromatic N) is 1. The normalized spacial score (nSPS) is 19.0. The van der Waals surface area contributed by atoms with E-state index in [9.17, 15) is 27.2 Å². The Morgan fingerprint density at radius 2 is 1.59 bits per heavy atom. The number of nitrogens with one attached hydrogen (secondary N) is 1. The Morgan fingerprint density at radius 3 is 2.05 bits per heavy atom. The zero-order valence-corrected chi connectivity index (χ0v) is 11.2. The molecule has 0 aliphatic carbocycles. The maximum Gasteiger partial charge on any atom is 0.335 e. The number of alkyl halides is 4. The van der Waals surface area contributed by atoms with Crippen molar-refractivity contribution in [3.8, 4) is 0 Å². The molecule has 1 aromatic rings. The molecule has 22 heavy (non-hydrogen) atoms. The van der Waals surface area contributed by atoms with Crippen LogP contribution in [0.5, 0.6) is 0 Å². The van der Waals surface area contributed by atoms with Crippen LogP contribution in [0.4, 0.5) is 22.4 Å². The SMILES string of the molecule is O=C(O)c1ccc(CNC(=O)N2CC(F)(F)C(F)(F)C2)cc1. The van der Waals surface area contributed by atoms with Crippen LogP contribution in [0.3, 0.4) is 0 Å². The van der Waals surface area contributed by atoms with Gasteiger partial charge in [0.15, 0.2) is 0 Å². The zero-order chi connectivity index (χ0) is 16.5. The van der Waals surface area contributed by atoms with Gasteiger partial charge >= 0.3 is 23.8 Å². The van der Waals surface area contributed by atoms with Gasteiger partial charge in [-0.3, -0.25) is 0 Å². The topological polar surface area (TPSA) is 69.6 Å². The number of aromatic carboxylic acids is 1. The van der Waals surface area contributed by atoms with Crippen molar-refractivity contribution in [1.29, 1.82) is 0 Å². The number of hydrogen-bond acceptors (Lipinski definition) is 2. The summed E-state index contributed by atoms with van der Waals surface area (Å²) in [6, 6.07) is 4.44. The summed E-state index contributed by atoms with van der Waals surface area (Å²) in [7, 11) is 0. The largest absolute Gasteiger partial charge is 0.478 e. The average molecular weight is 320 g/mol. The lowest BCUT2D eigenvalue weighted by Gasteiger charge is -2.16. The van der Waals surface area contributed by atoms with Gasteiger partial charge in [-0.25, -0.2) is 9.59 Å². The minimum absolute atomic E-state index is 0.0499. The predicted octanol–water partition coefficient (Wildman–Crippen LogP) is 2.18. The third-order valence-corrected chi connectivity index (χ3v) is 3.25. The second-order valence-corrected chi connectivity index (χ2v) is 4.93. The van der Waals surface area contributed by atoms with Crippen LogP contribution in [0.15, 0.2) is 24.3 Å². The molecule has 0 radical (unpaired) electrons. The van der Waals surface area contributed by atoms with Gasteiger partial charge in [-0.15, -0.1) is 0 Å². The van der Waals surface area contributed by atoms with Gasteiger partial charge in [0.1, 0.15) is 0 Å². The molecule has 0 atom stereocenters. The third kappa shape index (κ3) is 3.12. The Labute approximate surface area is 122 Å². The van der Waals surface area contributed by atoms with Crippen molar-refractivity contribution in [3.63, 3.8) is 0 Å². The zero-order valence-electron chi connectivity index (χ0n) is 11.2. The van der Waals surface area contributed by atoms with E-state index in [1.54, 1.807) is 0 Å². The summed E-state index contributed by atoms with van der Waals surface area (Å²) in [4.78, 5) is 22.6. The summed E-state index contributed by atoms with van der Waals surface area (Å²) >= 11 is 0. The highest BCUT2D eigenvalue weighted by Gasteiger charge is 2.63. The predicted molar refractivity (Wildman–Crippen MR) is 67.1 cm³/mol. The van der Waals surface area contributed by atoms with E-state index in [2.05, 4.69) is 5.32 Å². The summed E-state index contributed by atoms with van der Waals surface area (Å²) in [5.41, 5.74) is 0.560. The fraction of sp³-hybridized carbons (Fsp3) is 0.385. The lowest BCUT2D eigenvalue weighted by Crippen LogP contribution is -2.39. The number of rotatable bonds is 3. The van der Waals surface area contributed by atoms with Crippen molar-refractivity contribution in [3.05, 3.63) is 35.4 Å². The Bertz CT molecular complexity index is 573. The third-order valence-electron chi connectivity index (χ3n) is 3.25. The number of carbonyl (C=O) groups is 2. The summed E-state index contributed by atoms with van der Waals surface area (Å²) in [6.07, 6.45) is 0. The molecule has 5 nitrogen and oxygen atoms in total. The van der Waals surface area contributed by atoms with Crippen LogP contribution in [-0.2, 0) is 6.54 Å². The van der Waals surface area contributed by atoms with Crippen molar-refractivity contribution in [1.82, 2.24) is 10.2 Å². The van der Waals surface area contributed by atoms with E-state index in [4.69, 9.17) is 5.11 Å². The molecule has 1 aromatic carbocycles. The Hall–Kier alpha value is -2.32. The molecule has 0 aromatic heterocycles. The Kier molecular flexibility index (Phi) is 3.99. The van der Waals surface area contributed by atoms with Crippen LogP contribution in [0.1, 0.15) is 15.9 Å². The number of carbonyl (C=O) groups excluding carboxylic acids is 1.